The minimum atomic E-state index is -0.330. The van der Waals surface area contributed by atoms with Crippen molar-refractivity contribution >= 4 is 17.7 Å². The van der Waals surface area contributed by atoms with Crippen molar-refractivity contribution < 1.29 is 13.9 Å². The second-order valence-electron chi connectivity index (χ2n) is 6.74. The lowest BCUT2D eigenvalue weighted by atomic mass is 9.86. The number of thioether (sulfide) groups is 1. The molecule has 1 aliphatic carbocycles. The molecule has 1 saturated carbocycles. The lowest BCUT2D eigenvalue weighted by Crippen LogP contribution is -2.41. The fourth-order valence-electron chi connectivity index (χ4n) is 3.09. The molecule has 0 aliphatic heterocycles. The van der Waals surface area contributed by atoms with Crippen molar-refractivity contribution in [3.63, 3.8) is 0 Å². The van der Waals surface area contributed by atoms with Gasteiger partial charge in [-0.1, -0.05) is 31.5 Å². The number of halogens is 1. The Bertz CT molecular complexity index is 768. The van der Waals surface area contributed by atoms with Gasteiger partial charge in [0, 0.05) is 6.04 Å². The number of benzene rings is 1. The van der Waals surface area contributed by atoms with Gasteiger partial charge in [0.1, 0.15) is 18.2 Å². The molecule has 1 aliphatic rings. The Morgan fingerprint density at radius 3 is 2.81 bits per heavy atom. The number of aromatic nitrogens is 3. The van der Waals surface area contributed by atoms with E-state index in [4.69, 9.17) is 10.6 Å². The minimum absolute atomic E-state index is 0.0223. The van der Waals surface area contributed by atoms with Crippen LogP contribution in [-0.4, -0.2) is 32.6 Å². The first-order valence-electron chi connectivity index (χ1n) is 9.03. The lowest BCUT2D eigenvalue weighted by Gasteiger charge is -2.29. The highest BCUT2D eigenvalue weighted by Gasteiger charge is 2.23. The second-order valence-corrected chi connectivity index (χ2v) is 7.68. The maximum Gasteiger partial charge on any atom is 0.230 e. The molecule has 27 heavy (non-hydrogen) atoms. The molecule has 2 unspecified atom stereocenters. The predicted octanol–water partition coefficient (Wildman–Crippen LogP) is 2.50. The molecule has 9 heteroatoms. The largest absolute Gasteiger partial charge is 0.486 e. The summed E-state index contributed by atoms with van der Waals surface area (Å²) in [6, 6.07) is 5.94. The molecular formula is C18H24FN5O2S. The highest BCUT2D eigenvalue weighted by molar-refractivity contribution is 7.99. The Hall–Kier alpha value is -2.29. The van der Waals surface area contributed by atoms with Crippen molar-refractivity contribution in [1.29, 1.82) is 0 Å². The van der Waals surface area contributed by atoms with Gasteiger partial charge in [-0.3, -0.25) is 4.79 Å². The van der Waals surface area contributed by atoms with Gasteiger partial charge in [0.15, 0.2) is 5.82 Å². The minimum Gasteiger partial charge on any atom is -0.486 e. The van der Waals surface area contributed by atoms with E-state index in [0.29, 0.717) is 22.6 Å². The first-order valence-corrected chi connectivity index (χ1v) is 10.0. The van der Waals surface area contributed by atoms with Crippen LogP contribution >= 0.6 is 11.8 Å². The molecule has 0 bridgehead atoms. The summed E-state index contributed by atoms with van der Waals surface area (Å²) in [5.74, 6) is 7.31. The fourth-order valence-corrected chi connectivity index (χ4v) is 3.78. The van der Waals surface area contributed by atoms with Gasteiger partial charge in [-0.05, 0) is 43.0 Å². The number of hydrogen-bond acceptors (Lipinski definition) is 6. The van der Waals surface area contributed by atoms with Crippen LogP contribution in [0.5, 0.6) is 5.75 Å². The molecule has 1 amide bonds. The van der Waals surface area contributed by atoms with Crippen LogP contribution in [0.4, 0.5) is 4.39 Å². The van der Waals surface area contributed by atoms with Crippen LogP contribution < -0.4 is 15.9 Å². The number of nitrogen functional groups attached to an aromatic ring is 1. The number of rotatable bonds is 7. The van der Waals surface area contributed by atoms with E-state index in [1.54, 1.807) is 0 Å². The molecule has 1 heterocycles. The number of nitrogens with one attached hydrogen (secondary N) is 1. The highest BCUT2D eigenvalue weighted by Crippen LogP contribution is 2.24. The Labute approximate surface area is 161 Å². The number of nitrogens with two attached hydrogens (primary N) is 1. The van der Waals surface area contributed by atoms with Gasteiger partial charge in [-0.2, -0.15) is 0 Å². The van der Waals surface area contributed by atoms with E-state index >= 15 is 0 Å². The summed E-state index contributed by atoms with van der Waals surface area (Å²) >= 11 is 1.24. The van der Waals surface area contributed by atoms with E-state index in [-0.39, 0.29) is 30.1 Å². The van der Waals surface area contributed by atoms with E-state index in [1.807, 2.05) is 0 Å². The van der Waals surface area contributed by atoms with Crippen LogP contribution in [0.3, 0.4) is 0 Å². The molecular weight excluding hydrogens is 369 g/mol. The van der Waals surface area contributed by atoms with Crippen molar-refractivity contribution in [2.75, 3.05) is 11.6 Å². The van der Waals surface area contributed by atoms with Gasteiger partial charge in [0.2, 0.25) is 11.1 Å². The third-order valence-electron chi connectivity index (χ3n) is 4.71. The van der Waals surface area contributed by atoms with Gasteiger partial charge >= 0.3 is 0 Å². The topological polar surface area (TPSA) is 95.1 Å². The molecule has 0 saturated heterocycles. The standard InChI is InChI=1S/C18H24FN5O2S/c1-12-4-2-3-5-15(12)21-17(25)11-27-18-23-22-16(24(18)20)10-26-14-8-6-13(19)7-9-14/h6-9,12,15H,2-5,10-11,20H2,1H3,(H,21,25). The normalized spacial score (nSPS) is 19.6. The Morgan fingerprint density at radius 2 is 2.07 bits per heavy atom. The SMILES string of the molecule is CC1CCCCC1NC(=O)CSc1nnc(COc2ccc(F)cc2)n1N. The van der Waals surface area contributed by atoms with Crippen LogP contribution in [0, 0.1) is 11.7 Å². The predicted molar refractivity (Wildman–Crippen MR) is 101 cm³/mol. The van der Waals surface area contributed by atoms with E-state index in [9.17, 15) is 9.18 Å². The first kappa shape index (κ1) is 19.5. The smallest absolute Gasteiger partial charge is 0.230 e. The number of carbonyl (C=O) groups excluding carboxylic acids is 1. The maximum absolute atomic E-state index is 12.9. The van der Waals surface area contributed by atoms with Crippen molar-refractivity contribution in [2.45, 2.75) is 50.4 Å². The molecule has 2 atom stereocenters. The van der Waals surface area contributed by atoms with E-state index in [1.165, 1.54) is 47.1 Å². The quantitative estimate of drug-likeness (QED) is 0.554. The van der Waals surface area contributed by atoms with E-state index < -0.39 is 0 Å². The van der Waals surface area contributed by atoms with E-state index in [0.717, 1.165) is 19.3 Å². The van der Waals surface area contributed by atoms with Gasteiger partial charge in [0.05, 0.1) is 5.75 Å². The van der Waals surface area contributed by atoms with Crippen molar-refractivity contribution in [3.8, 4) is 5.75 Å². The van der Waals surface area contributed by atoms with Crippen LogP contribution in [0.25, 0.3) is 0 Å². The maximum atomic E-state index is 12.9. The zero-order chi connectivity index (χ0) is 19.2. The average molecular weight is 393 g/mol. The van der Waals surface area contributed by atoms with Crippen molar-refractivity contribution in [1.82, 2.24) is 20.2 Å². The molecule has 146 valence electrons. The van der Waals surface area contributed by atoms with Crippen molar-refractivity contribution in [3.05, 3.63) is 35.9 Å². The number of amides is 1. The van der Waals surface area contributed by atoms with Gasteiger partial charge < -0.3 is 15.9 Å². The molecule has 2 aromatic rings. The summed E-state index contributed by atoms with van der Waals surface area (Å²) < 4.78 is 19.7. The fraction of sp³-hybridized carbons (Fsp3) is 0.500. The third-order valence-corrected chi connectivity index (χ3v) is 5.65. The lowest BCUT2D eigenvalue weighted by molar-refractivity contribution is -0.119. The molecule has 0 spiro atoms. The Balaban J connectivity index is 1.48. The summed E-state index contributed by atoms with van der Waals surface area (Å²) in [7, 11) is 0. The first-order chi connectivity index (χ1) is 13.0. The highest BCUT2D eigenvalue weighted by atomic mass is 32.2. The number of nitrogens with zero attached hydrogens (tertiary/aromatic N) is 3. The second kappa shape index (κ2) is 9.07. The number of carbonyl (C=O) groups is 1. The van der Waals surface area contributed by atoms with Crippen molar-refractivity contribution in [2.24, 2.45) is 5.92 Å². The van der Waals surface area contributed by atoms with Crippen LogP contribution in [0.15, 0.2) is 29.4 Å². The molecule has 1 aromatic heterocycles. The number of hydrogen-bond donors (Lipinski definition) is 2. The molecule has 0 radical (unpaired) electrons. The molecule has 1 fully saturated rings. The summed E-state index contributed by atoms with van der Waals surface area (Å²) in [5.41, 5.74) is 0. The summed E-state index contributed by atoms with van der Waals surface area (Å²) in [6.07, 6.45) is 4.60. The third kappa shape index (κ3) is 5.35. The monoisotopic (exact) mass is 393 g/mol. The van der Waals surface area contributed by atoms with E-state index in [2.05, 4.69) is 22.4 Å². The zero-order valence-electron chi connectivity index (χ0n) is 15.2. The van der Waals surface area contributed by atoms with Crippen LogP contribution in [0.1, 0.15) is 38.4 Å². The molecule has 3 N–H and O–H groups in total. The zero-order valence-corrected chi connectivity index (χ0v) is 16.0. The Kier molecular flexibility index (Phi) is 6.54. The molecule has 1 aromatic carbocycles. The summed E-state index contributed by atoms with van der Waals surface area (Å²) in [4.78, 5) is 12.2. The van der Waals surface area contributed by atoms with Crippen LogP contribution in [-0.2, 0) is 11.4 Å². The molecule has 3 rings (SSSR count). The van der Waals surface area contributed by atoms with Crippen LogP contribution in [0.2, 0.25) is 0 Å². The summed E-state index contributed by atoms with van der Waals surface area (Å²) in [6.45, 7) is 2.28. The number of ether oxygens (including phenoxy) is 1. The average Bonchev–Trinajstić information content (AvgIpc) is 3.01. The Morgan fingerprint density at radius 1 is 1.33 bits per heavy atom. The summed E-state index contributed by atoms with van der Waals surface area (Å²) in [5, 5.41) is 11.5. The van der Waals surface area contributed by atoms with Gasteiger partial charge in [0.25, 0.3) is 0 Å². The van der Waals surface area contributed by atoms with Gasteiger partial charge in [-0.15, -0.1) is 10.2 Å². The molecule has 7 nitrogen and oxygen atoms in total. The van der Waals surface area contributed by atoms with Gasteiger partial charge in [-0.25, -0.2) is 9.07 Å².